The molecule has 0 aliphatic heterocycles. The number of aliphatic hydroxyl groups excluding tert-OH is 1. The quantitative estimate of drug-likeness (QED) is 0.543. The van der Waals surface area contributed by atoms with Crippen LogP contribution < -0.4 is 0 Å². The van der Waals surface area contributed by atoms with Crippen LogP contribution in [-0.2, 0) is 0 Å². The average Bonchev–Trinajstić information content (AvgIpc) is 2.09. The lowest BCUT2D eigenvalue weighted by Gasteiger charge is -2.03. The highest BCUT2D eigenvalue weighted by atomic mass is 16.3. The van der Waals surface area contributed by atoms with E-state index in [1.54, 1.807) is 6.08 Å². The van der Waals surface area contributed by atoms with Crippen molar-refractivity contribution in [2.45, 2.75) is 64.4 Å². The van der Waals surface area contributed by atoms with Crippen molar-refractivity contribution in [3.8, 4) is 0 Å². The third-order valence-corrected chi connectivity index (χ3v) is 2.24. The van der Waals surface area contributed by atoms with E-state index < -0.39 is 0 Å². The van der Waals surface area contributed by atoms with Gasteiger partial charge in [0.2, 0.25) is 0 Å². The highest BCUT2D eigenvalue weighted by Gasteiger charge is 1.95. The van der Waals surface area contributed by atoms with Gasteiger partial charge in [-0.1, -0.05) is 44.8 Å². The zero-order chi connectivity index (χ0) is 9.94. The second kappa shape index (κ2) is 9.79. The van der Waals surface area contributed by atoms with Crippen LogP contribution in [0.5, 0.6) is 0 Å². The van der Waals surface area contributed by atoms with Crippen LogP contribution in [0, 0.1) is 6.58 Å². The van der Waals surface area contributed by atoms with Crippen LogP contribution >= 0.6 is 0 Å². The maximum Gasteiger partial charge on any atom is 0.0512 e. The molecule has 0 saturated heterocycles. The second-order valence-electron chi connectivity index (χ2n) is 3.78. The molecule has 0 amide bonds. The van der Waals surface area contributed by atoms with Crippen molar-refractivity contribution in [2.75, 3.05) is 0 Å². The summed E-state index contributed by atoms with van der Waals surface area (Å²) in [5, 5.41) is 9.01. The number of hydrogen-bond acceptors (Lipinski definition) is 1. The van der Waals surface area contributed by atoms with Crippen molar-refractivity contribution in [3.05, 3.63) is 12.7 Å². The fourth-order valence-corrected chi connectivity index (χ4v) is 1.41. The van der Waals surface area contributed by atoms with Crippen molar-refractivity contribution in [2.24, 2.45) is 0 Å². The van der Waals surface area contributed by atoms with Gasteiger partial charge in [0.25, 0.3) is 0 Å². The number of hydrogen-bond donors (Lipinski definition) is 1. The summed E-state index contributed by atoms with van der Waals surface area (Å²) in [7, 11) is 0. The van der Waals surface area contributed by atoms with Crippen LogP contribution in [0.25, 0.3) is 0 Å². The maximum atomic E-state index is 9.01. The summed E-state index contributed by atoms with van der Waals surface area (Å²) in [5.74, 6) is 0. The first-order chi connectivity index (χ1) is 6.27. The standard InChI is InChI=1S/C12H23O/c1-3-4-5-6-7-8-9-10-11-12(2)13/h1,3,12-13H,4-11H2,2H3. The fraction of sp³-hybridized carbons (Fsp3) is 0.833. The molecule has 1 N–H and O–H groups in total. The Balaban J connectivity index is 2.87. The molecule has 1 heteroatoms. The molecule has 0 spiro atoms. The third-order valence-electron chi connectivity index (χ3n) is 2.24. The average molecular weight is 183 g/mol. The lowest BCUT2D eigenvalue weighted by atomic mass is 10.1. The van der Waals surface area contributed by atoms with Gasteiger partial charge in [0, 0.05) is 0 Å². The van der Waals surface area contributed by atoms with E-state index in [0.717, 1.165) is 12.8 Å². The molecule has 1 radical (unpaired) electrons. The molecule has 0 heterocycles. The van der Waals surface area contributed by atoms with Gasteiger partial charge >= 0.3 is 0 Å². The Labute approximate surface area is 82.9 Å². The smallest absolute Gasteiger partial charge is 0.0512 e. The largest absolute Gasteiger partial charge is 0.393 e. The summed E-state index contributed by atoms with van der Waals surface area (Å²) in [5.41, 5.74) is 0. The molecule has 0 rings (SSSR count). The number of aliphatic hydroxyl groups is 1. The molecular formula is C12H23O. The summed E-state index contributed by atoms with van der Waals surface area (Å²) in [4.78, 5) is 0. The van der Waals surface area contributed by atoms with E-state index >= 15 is 0 Å². The van der Waals surface area contributed by atoms with Crippen LogP contribution in [0.15, 0.2) is 6.08 Å². The summed E-state index contributed by atoms with van der Waals surface area (Å²) in [6.07, 6.45) is 11.2. The molecule has 0 aliphatic carbocycles. The zero-order valence-corrected chi connectivity index (χ0v) is 8.84. The molecule has 0 bridgehead atoms. The molecule has 0 aromatic rings. The summed E-state index contributed by atoms with van der Waals surface area (Å²) < 4.78 is 0. The molecule has 0 fully saturated rings. The van der Waals surface area contributed by atoms with Gasteiger partial charge in [0.15, 0.2) is 0 Å². The Kier molecular flexibility index (Phi) is 9.56. The highest BCUT2D eigenvalue weighted by molar-refractivity contribution is 4.61. The van der Waals surface area contributed by atoms with E-state index in [9.17, 15) is 0 Å². The normalized spacial score (nSPS) is 12.8. The first-order valence-electron chi connectivity index (χ1n) is 5.49. The minimum Gasteiger partial charge on any atom is -0.393 e. The maximum absolute atomic E-state index is 9.01. The molecular weight excluding hydrogens is 160 g/mol. The Bertz CT molecular complexity index is 108. The first-order valence-corrected chi connectivity index (χ1v) is 5.49. The highest BCUT2D eigenvalue weighted by Crippen LogP contribution is 2.09. The summed E-state index contributed by atoms with van der Waals surface area (Å²) >= 11 is 0. The van der Waals surface area contributed by atoms with Gasteiger partial charge in [-0.3, -0.25) is 0 Å². The van der Waals surface area contributed by atoms with E-state index in [1.807, 2.05) is 6.92 Å². The number of allylic oxidation sites excluding steroid dienone is 1. The van der Waals surface area contributed by atoms with Gasteiger partial charge < -0.3 is 5.11 Å². The molecule has 77 valence electrons. The predicted octanol–water partition coefficient (Wildman–Crippen LogP) is 3.48. The van der Waals surface area contributed by atoms with Crippen molar-refractivity contribution >= 4 is 0 Å². The van der Waals surface area contributed by atoms with Crippen molar-refractivity contribution in [1.82, 2.24) is 0 Å². The lowest BCUT2D eigenvalue weighted by molar-refractivity contribution is 0.180. The van der Waals surface area contributed by atoms with Gasteiger partial charge in [-0.05, 0) is 26.2 Å². The Morgan fingerprint density at radius 2 is 1.62 bits per heavy atom. The molecule has 13 heavy (non-hydrogen) atoms. The van der Waals surface area contributed by atoms with Crippen LogP contribution in [0.1, 0.15) is 58.3 Å². The van der Waals surface area contributed by atoms with Crippen molar-refractivity contribution < 1.29 is 5.11 Å². The van der Waals surface area contributed by atoms with Crippen LogP contribution in [0.3, 0.4) is 0 Å². The monoisotopic (exact) mass is 183 g/mol. The minimum absolute atomic E-state index is 0.119. The molecule has 1 nitrogen and oxygen atoms in total. The van der Waals surface area contributed by atoms with E-state index in [2.05, 4.69) is 0 Å². The predicted molar refractivity (Wildman–Crippen MR) is 57.5 cm³/mol. The lowest BCUT2D eigenvalue weighted by Crippen LogP contribution is -1.98. The first kappa shape index (κ1) is 12.7. The SMILES string of the molecule is [CH]=CCCCCCCCCC(C)O. The molecule has 1 atom stereocenters. The van der Waals surface area contributed by atoms with Crippen LogP contribution in [0.2, 0.25) is 0 Å². The summed E-state index contributed by atoms with van der Waals surface area (Å²) in [6, 6.07) is 0. The Hall–Kier alpha value is -0.300. The van der Waals surface area contributed by atoms with Gasteiger partial charge in [-0.25, -0.2) is 0 Å². The molecule has 0 aromatic carbocycles. The minimum atomic E-state index is -0.119. The summed E-state index contributed by atoms with van der Waals surface area (Å²) in [6.45, 7) is 7.13. The van der Waals surface area contributed by atoms with Gasteiger partial charge in [0.05, 0.1) is 6.10 Å². The van der Waals surface area contributed by atoms with Crippen molar-refractivity contribution in [1.29, 1.82) is 0 Å². The second-order valence-corrected chi connectivity index (χ2v) is 3.78. The Morgan fingerprint density at radius 1 is 1.08 bits per heavy atom. The number of unbranched alkanes of at least 4 members (excludes halogenated alkanes) is 6. The van der Waals surface area contributed by atoms with E-state index in [1.165, 1.54) is 38.5 Å². The Morgan fingerprint density at radius 3 is 2.15 bits per heavy atom. The number of rotatable bonds is 9. The van der Waals surface area contributed by atoms with Crippen molar-refractivity contribution in [3.63, 3.8) is 0 Å². The van der Waals surface area contributed by atoms with Crippen LogP contribution in [0.4, 0.5) is 0 Å². The van der Waals surface area contributed by atoms with E-state index in [-0.39, 0.29) is 6.10 Å². The topological polar surface area (TPSA) is 20.2 Å². The van der Waals surface area contributed by atoms with E-state index in [4.69, 9.17) is 11.7 Å². The van der Waals surface area contributed by atoms with Gasteiger partial charge in [-0.2, -0.15) is 0 Å². The van der Waals surface area contributed by atoms with Gasteiger partial charge in [-0.15, -0.1) is 0 Å². The third kappa shape index (κ3) is 11.7. The molecule has 0 saturated carbocycles. The molecule has 0 aromatic heterocycles. The van der Waals surface area contributed by atoms with Gasteiger partial charge in [0.1, 0.15) is 0 Å². The zero-order valence-electron chi connectivity index (χ0n) is 8.84. The van der Waals surface area contributed by atoms with E-state index in [0.29, 0.717) is 0 Å². The molecule has 1 unspecified atom stereocenters. The van der Waals surface area contributed by atoms with Crippen LogP contribution in [-0.4, -0.2) is 11.2 Å². The molecule has 0 aliphatic rings. The fourth-order valence-electron chi connectivity index (χ4n) is 1.41.